The first-order valence-corrected chi connectivity index (χ1v) is 6.13. The Morgan fingerprint density at radius 2 is 1.88 bits per heavy atom. The fraction of sp³-hybridized carbons (Fsp3) is 0.538. The van der Waals surface area contributed by atoms with Crippen LogP contribution in [-0.2, 0) is 0 Å². The van der Waals surface area contributed by atoms with Gasteiger partial charge in [0, 0.05) is 25.3 Å². The zero-order valence-electron chi connectivity index (χ0n) is 10.0. The molecule has 1 heterocycles. The molecule has 1 aromatic carbocycles. The van der Waals surface area contributed by atoms with E-state index in [0.717, 1.165) is 43.9 Å². The first-order chi connectivity index (χ1) is 8.28. The Kier molecular flexibility index (Phi) is 4.23. The van der Waals surface area contributed by atoms with E-state index in [1.165, 1.54) is 0 Å². The van der Waals surface area contributed by atoms with Crippen LogP contribution in [0.5, 0.6) is 5.75 Å². The minimum atomic E-state index is 0.240. The van der Waals surface area contributed by atoms with Gasteiger partial charge in [-0.15, -0.1) is 0 Å². The second kappa shape index (κ2) is 5.89. The van der Waals surface area contributed by atoms with E-state index in [1.54, 1.807) is 0 Å². The lowest BCUT2D eigenvalue weighted by molar-refractivity contribution is 0.0889. The van der Waals surface area contributed by atoms with E-state index in [9.17, 15) is 0 Å². The molecule has 1 aliphatic heterocycles. The van der Waals surface area contributed by atoms with Gasteiger partial charge in [0.25, 0.3) is 0 Å². The number of rotatable bonds is 4. The van der Waals surface area contributed by atoms with Gasteiger partial charge in [-0.25, -0.2) is 0 Å². The number of benzene rings is 1. The van der Waals surface area contributed by atoms with Crippen molar-refractivity contribution in [3.05, 3.63) is 24.3 Å². The van der Waals surface area contributed by atoms with E-state index in [0.29, 0.717) is 0 Å². The number of aliphatic hydroxyl groups is 1. The fourth-order valence-corrected chi connectivity index (χ4v) is 2.13. The molecule has 1 aliphatic rings. The molecule has 0 amide bonds. The first-order valence-electron chi connectivity index (χ1n) is 6.13. The topological polar surface area (TPSA) is 58.7 Å². The summed E-state index contributed by atoms with van der Waals surface area (Å²) < 4.78 is 5.89. The molecule has 0 spiro atoms. The normalized spacial score (nSPS) is 18.2. The monoisotopic (exact) mass is 236 g/mol. The molecule has 17 heavy (non-hydrogen) atoms. The third-order valence-corrected chi connectivity index (χ3v) is 3.13. The van der Waals surface area contributed by atoms with Crippen LogP contribution in [0.15, 0.2) is 24.3 Å². The number of piperidine rings is 1. The molecule has 0 bridgehead atoms. The van der Waals surface area contributed by atoms with Gasteiger partial charge >= 0.3 is 0 Å². The number of nitrogens with two attached hydrogens (primary N) is 1. The zero-order chi connectivity index (χ0) is 12.1. The summed E-state index contributed by atoms with van der Waals surface area (Å²) in [6, 6.07) is 7.54. The summed E-state index contributed by atoms with van der Waals surface area (Å²) in [5.74, 6) is 0.889. The van der Waals surface area contributed by atoms with Gasteiger partial charge in [-0.1, -0.05) is 0 Å². The highest BCUT2D eigenvalue weighted by atomic mass is 16.5. The van der Waals surface area contributed by atoms with Crippen LogP contribution in [0.1, 0.15) is 12.8 Å². The molecule has 1 fully saturated rings. The number of ether oxygens (including phenoxy) is 1. The summed E-state index contributed by atoms with van der Waals surface area (Å²) in [6.45, 7) is 3.01. The van der Waals surface area contributed by atoms with Gasteiger partial charge in [-0.05, 0) is 37.1 Å². The summed E-state index contributed by atoms with van der Waals surface area (Å²) in [7, 11) is 0. The highest BCUT2D eigenvalue weighted by Gasteiger charge is 2.19. The number of anilines is 1. The van der Waals surface area contributed by atoms with Gasteiger partial charge < -0.3 is 20.5 Å². The lowest BCUT2D eigenvalue weighted by Gasteiger charge is -2.31. The number of nitrogen functional groups attached to an aromatic ring is 1. The van der Waals surface area contributed by atoms with E-state index in [4.69, 9.17) is 15.6 Å². The molecule has 1 aromatic rings. The van der Waals surface area contributed by atoms with E-state index in [1.807, 2.05) is 24.3 Å². The Balaban J connectivity index is 1.79. The molecule has 4 nitrogen and oxygen atoms in total. The molecule has 94 valence electrons. The van der Waals surface area contributed by atoms with Gasteiger partial charge in [-0.2, -0.15) is 0 Å². The molecule has 1 saturated heterocycles. The highest BCUT2D eigenvalue weighted by molar-refractivity contribution is 5.41. The maximum Gasteiger partial charge on any atom is 0.119 e. The van der Waals surface area contributed by atoms with Crippen molar-refractivity contribution < 1.29 is 9.84 Å². The van der Waals surface area contributed by atoms with Crippen LogP contribution in [0, 0.1) is 0 Å². The van der Waals surface area contributed by atoms with Crippen molar-refractivity contribution in [1.82, 2.24) is 4.90 Å². The molecular formula is C13H20N2O2. The lowest BCUT2D eigenvalue weighted by Crippen LogP contribution is -2.39. The number of hydrogen-bond donors (Lipinski definition) is 2. The predicted molar refractivity (Wildman–Crippen MR) is 68.0 cm³/mol. The fourth-order valence-electron chi connectivity index (χ4n) is 2.13. The number of likely N-dealkylation sites (tertiary alicyclic amines) is 1. The van der Waals surface area contributed by atoms with Crippen molar-refractivity contribution in [2.45, 2.75) is 18.9 Å². The molecule has 0 atom stereocenters. The van der Waals surface area contributed by atoms with Crippen molar-refractivity contribution in [1.29, 1.82) is 0 Å². The second-order valence-corrected chi connectivity index (χ2v) is 4.45. The molecule has 3 N–H and O–H groups in total. The molecule has 0 unspecified atom stereocenters. The summed E-state index contributed by atoms with van der Waals surface area (Å²) >= 11 is 0. The smallest absolute Gasteiger partial charge is 0.119 e. The molecule has 2 rings (SSSR count). The maximum atomic E-state index is 8.86. The zero-order valence-corrected chi connectivity index (χ0v) is 10.0. The van der Waals surface area contributed by atoms with E-state index >= 15 is 0 Å². The summed E-state index contributed by atoms with van der Waals surface area (Å²) in [4.78, 5) is 2.27. The molecule has 4 heteroatoms. The standard InChI is InChI=1S/C13H20N2O2/c14-11-1-3-12(4-2-11)17-13-5-7-15(8-6-13)9-10-16/h1-4,13,16H,5-10,14H2. The summed E-state index contributed by atoms with van der Waals surface area (Å²) in [5, 5.41) is 8.86. The van der Waals surface area contributed by atoms with Gasteiger partial charge in [0.15, 0.2) is 0 Å². The average molecular weight is 236 g/mol. The van der Waals surface area contributed by atoms with Crippen LogP contribution >= 0.6 is 0 Å². The quantitative estimate of drug-likeness (QED) is 0.769. The number of hydrogen-bond acceptors (Lipinski definition) is 4. The number of aliphatic hydroxyl groups excluding tert-OH is 1. The third kappa shape index (κ3) is 3.61. The molecular weight excluding hydrogens is 216 g/mol. The van der Waals surface area contributed by atoms with Gasteiger partial charge in [0.2, 0.25) is 0 Å². The lowest BCUT2D eigenvalue weighted by atomic mass is 10.1. The second-order valence-electron chi connectivity index (χ2n) is 4.45. The number of nitrogens with zero attached hydrogens (tertiary/aromatic N) is 1. The number of β-amino-alcohol motifs (C(OH)–C–C–N with tert-alkyl or cyclic N) is 1. The first kappa shape index (κ1) is 12.2. The maximum absolute atomic E-state index is 8.86. The third-order valence-electron chi connectivity index (χ3n) is 3.13. The van der Waals surface area contributed by atoms with Crippen molar-refractivity contribution in [3.63, 3.8) is 0 Å². The minimum absolute atomic E-state index is 0.240. The Labute approximate surface area is 102 Å². The van der Waals surface area contributed by atoms with Crippen LogP contribution in [0.3, 0.4) is 0 Å². The Morgan fingerprint density at radius 3 is 2.47 bits per heavy atom. The van der Waals surface area contributed by atoms with Crippen molar-refractivity contribution >= 4 is 5.69 Å². The van der Waals surface area contributed by atoms with Crippen LogP contribution in [0.25, 0.3) is 0 Å². The molecule has 0 saturated carbocycles. The largest absolute Gasteiger partial charge is 0.490 e. The Bertz CT molecular complexity index is 332. The molecule has 0 aromatic heterocycles. The summed E-state index contributed by atoms with van der Waals surface area (Å²) in [5.41, 5.74) is 6.38. The van der Waals surface area contributed by atoms with E-state index in [-0.39, 0.29) is 12.7 Å². The van der Waals surface area contributed by atoms with Gasteiger partial charge in [-0.3, -0.25) is 0 Å². The Hall–Kier alpha value is -1.26. The van der Waals surface area contributed by atoms with Crippen molar-refractivity contribution in [3.8, 4) is 5.75 Å². The van der Waals surface area contributed by atoms with Gasteiger partial charge in [0.05, 0.1) is 6.61 Å². The van der Waals surface area contributed by atoms with Crippen molar-refractivity contribution in [2.75, 3.05) is 32.0 Å². The minimum Gasteiger partial charge on any atom is -0.490 e. The van der Waals surface area contributed by atoms with E-state index in [2.05, 4.69) is 4.90 Å². The van der Waals surface area contributed by atoms with Crippen LogP contribution in [0.4, 0.5) is 5.69 Å². The molecule has 0 radical (unpaired) electrons. The SMILES string of the molecule is Nc1ccc(OC2CCN(CCO)CC2)cc1. The van der Waals surface area contributed by atoms with E-state index < -0.39 is 0 Å². The van der Waals surface area contributed by atoms with Crippen LogP contribution < -0.4 is 10.5 Å². The predicted octanol–water partition coefficient (Wildman–Crippen LogP) is 1.10. The van der Waals surface area contributed by atoms with Gasteiger partial charge in [0.1, 0.15) is 11.9 Å². The Morgan fingerprint density at radius 1 is 1.24 bits per heavy atom. The highest BCUT2D eigenvalue weighted by Crippen LogP contribution is 2.19. The summed E-state index contributed by atoms with van der Waals surface area (Å²) in [6.07, 6.45) is 2.32. The molecule has 0 aliphatic carbocycles. The van der Waals surface area contributed by atoms with Crippen LogP contribution in [0.2, 0.25) is 0 Å². The average Bonchev–Trinajstić information content (AvgIpc) is 2.35. The van der Waals surface area contributed by atoms with Crippen molar-refractivity contribution in [2.24, 2.45) is 0 Å². The van der Waals surface area contributed by atoms with Crippen LogP contribution in [-0.4, -0.2) is 42.4 Å².